The van der Waals surface area contributed by atoms with Gasteiger partial charge in [0.15, 0.2) is 0 Å². The fourth-order valence-corrected chi connectivity index (χ4v) is 2.14. The average Bonchev–Trinajstić information content (AvgIpc) is 2.34. The van der Waals surface area contributed by atoms with Crippen LogP contribution in [0.1, 0.15) is 19.0 Å². The summed E-state index contributed by atoms with van der Waals surface area (Å²) in [6.07, 6.45) is 3.04. The summed E-state index contributed by atoms with van der Waals surface area (Å²) in [4.78, 5) is 0. The average molecular weight is 237 g/mol. The van der Waals surface area contributed by atoms with Crippen molar-refractivity contribution >= 4 is 0 Å². The van der Waals surface area contributed by atoms with Crippen molar-refractivity contribution < 1.29 is 9.47 Å². The van der Waals surface area contributed by atoms with Gasteiger partial charge in [0, 0.05) is 32.5 Å². The Morgan fingerprint density at radius 2 is 2.41 bits per heavy atom. The van der Waals surface area contributed by atoms with E-state index in [0.717, 1.165) is 25.3 Å². The first-order valence-corrected chi connectivity index (χ1v) is 5.99. The van der Waals surface area contributed by atoms with Gasteiger partial charge in [-0.1, -0.05) is 0 Å². The molecule has 1 aromatic heterocycles. The van der Waals surface area contributed by atoms with Gasteiger partial charge in [-0.05, 0) is 25.5 Å². The second-order valence-corrected chi connectivity index (χ2v) is 4.13. The first kappa shape index (κ1) is 12.4. The van der Waals surface area contributed by atoms with Crippen molar-refractivity contribution in [3.8, 4) is 0 Å². The Balaban J connectivity index is 1.77. The van der Waals surface area contributed by atoms with E-state index in [0.29, 0.717) is 6.04 Å². The van der Waals surface area contributed by atoms with Gasteiger partial charge in [0.1, 0.15) is 0 Å². The highest BCUT2D eigenvalue weighted by Crippen LogP contribution is 2.26. The van der Waals surface area contributed by atoms with Crippen molar-refractivity contribution in [2.75, 3.05) is 13.7 Å². The van der Waals surface area contributed by atoms with Crippen molar-refractivity contribution in [2.24, 2.45) is 0 Å². The van der Waals surface area contributed by atoms with Crippen LogP contribution in [0.15, 0.2) is 18.3 Å². The van der Waals surface area contributed by atoms with Crippen LogP contribution in [0.5, 0.6) is 0 Å². The van der Waals surface area contributed by atoms with Crippen LogP contribution < -0.4 is 5.32 Å². The monoisotopic (exact) mass is 237 g/mol. The highest BCUT2D eigenvalue weighted by atomic mass is 16.5. The standard InChI is InChI=1S/C12H19N3O2/c1-3-17-11-7-10(12(11)16-2)13-8-9-5-4-6-14-15-9/h4-6,10-13H,3,7-8H2,1-2H3. The molecule has 0 spiro atoms. The Labute approximate surface area is 102 Å². The van der Waals surface area contributed by atoms with Gasteiger partial charge < -0.3 is 14.8 Å². The highest BCUT2D eigenvalue weighted by molar-refractivity contribution is 5.02. The summed E-state index contributed by atoms with van der Waals surface area (Å²) in [5.41, 5.74) is 0.946. The summed E-state index contributed by atoms with van der Waals surface area (Å²) < 4.78 is 11.0. The minimum atomic E-state index is 0.145. The van der Waals surface area contributed by atoms with Gasteiger partial charge in [-0.2, -0.15) is 10.2 Å². The van der Waals surface area contributed by atoms with Gasteiger partial charge >= 0.3 is 0 Å². The Morgan fingerprint density at radius 3 is 3.06 bits per heavy atom. The van der Waals surface area contributed by atoms with Crippen molar-refractivity contribution in [1.29, 1.82) is 0 Å². The molecule has 0 bridgehead atoms. The van der Waals surface area contributed by atoms with Crippen molar-refractivity contribution in [1.82, 2.24) is 15.5 Å². The Morgan fingerprint density at radius 1 is 1.53 bits per heavy atom. The van der Waals surface area contributed by atoms with Crippen LogP contribution in [0.25, 0.3) is 0 Å². The molecule has 3 atom stereocenters. The third-order valence-electron chi connectivity index (χ3n) is 3.08. The molecule has 0 amide bonds. The van der Waals surface area contributed by atoms with Crippen LogP contribution in [-0.2, 0) is 16.0 Å². The number of nitrogens with one attached hydrogen (secondary N) is 1. The lowest BCUT2D eigenvalue weighted by Crippen LogP contribution is -2.59. The van der Waals surface area contributed by atoms with Crippen LogP contribution in [0.4, 0.5) is 0 Å². The normalized spacial score (nSPS) is 27.8. The molecular formula is C12H19N3O2. The minimum Gasteiger partial charge on any atom is -0.377 e. The van der Waals surface area contributed by atoms with Gasteiger partial charge in [-0.3, -0.25) is 0 Å². The Bertz CT molecular complexity index is 334. The maximum atomic E-state index is 5.57. The largest absolute Gasteiger partial charge is 0.377 e. The molecule has 0 radical (unpaired) electrons. The Kier molecular flexibility index (Phi) is 4.42. The molecule has 1 N–H and O–H groups in total. The van der Waals surface area contributed by atoms with Crippen LogP contribution in [0.2, 0.25) is 0 Å². The number of nitrogens with zero attached hydrogens (tertiary/aromatic N) is 2. The number of methoxy groups -OCH3 is 1. The van der Waals surface area contributed by atoms with Crippen molar-refractivity contribution in [2.45, 2.75) is 38.1 Å². The SMILES string of the molecule is CCOC1CC(NCc2cccnn2)C1OC. The second-order valence-electron chi connectivity index (χ2n) is 4.13. The molecule has 1 aromatic rings. The van der Waals surface area contributed by atoms with Crippen LogP contribution in [0, 0.1) is 0 Å². The number of ether oxygens (including phenoxy) is 2. The van der Waals surface area contributed by atoms with Gasteiger partial charge in [0.25, 0.3) is 0 Å². The summed E-state index contributed by atoms with van der Waals surface area (Å²) >= 11 is 0. The molecular weight excluding hydrogens is 218 g/mol. The maximum absolute atomic E-state index is 5.57. The molecule has 0 aromatic carbocycles. The second kappa shape index (κ2) is 6.05. The predicted octanol–water partition coefficient (Wildman–Crippen LogP) is 0.759. The zero-order valence-corrected chi connectivity index (χ0v) is 10.3. The molecule has 2 rings (SSSR count). The fraction of sp³-hybridized carbons (Fsp3) is 0.667. The summed E-state index contributed by atoms with van der Waals surface area (Å²) in [5, 5.41) is 11.3. The van der Waals surface area contributed by atoms with E-state index in [9.17, 15) is 0 Å². The molecule has 1 fully saturated rings. The zero-order valence-electron chi connectivity index (χ0n) is 10.3. The van der Waals surface area contributed by atoms with E-state index in [4.69, 9.17) is 9.47 Å². The van der Waals surface area contributed by atoms with Gasteiger partial charge in [0.05, 0.1) is 17.9 Å². The number of rotatable bonds is 6. The van der Waals surface area contributed by atoms with Crippen molar-refractivity contribution in [3.05, 3.63) is 24.0 Å². The lowest BCUT2D eigenvalue weighted by molar-refractivity contribution is -0.131. The smallest absolute Gasteiger partial charge is 0.0986 e. The first-order valence-electron chi connectivity index (χ1n) is 5.99. The summed E-state index contributed by atoms with van der Waals surface area (Å²) in [5.74, 6) is 0. The van der Waals surface area contributed by atoms with E-state index in [-0.39, 0.29) is 12.2 Å². The van der Waals surface area contributed by atoms with E-state index in [1.165, 1.54) is 0 Å². The summed E-state index contributed by atoms with van der Waals surface area (Å²) in [6, 6.07) is 4.20. The molecule has 1 aliphatic carbocycles. The van der Waals surface area contributed by atoms with E-state index >= 15 is 0 Å². The molecule has 5 nitrogen and oxygen atoms in total. The topological polar surface area (TPSA) is 56.3 Å². The number of aromatic nitrogens is 2. The third-order valence-corrected chi connectivity index (χ3v) is 3.08. The van der Waals surface area contributed by atoms with Gasteiger partial charge in [-0.15, -0.1) is 0 Å². The molecule has 0 saturated heterocycles. The molecule has 1 heterocycles. The lowest BCUT2D eigenvalue weighted by atomic mass is 9.85. The summed E-state index contributed by atoms with van der Waals surface area (Å²) in [7, 11) is 1.73. The van der Waals surface area contributed by atoms with E-state index in [2.05, 4.69) is 15.5 Å². The quantitative estimate of drug-likeness (QED) is 0.791. The predicted molar refractivity (Wildman–Crippen MR) is 63.5 cm³/mol. The van der Waals surface area contributed by atoms with Gasteiger partial charge in [-0.25, -0.2) is 0 Å². The van der Waals surface area contributed by atoms with Crippen LogP contribution >= 0.6 is 0 Å². The molecule has 17 heavy (non-hydrogen) atoms. The molecule has 1 aliphatic rings. The molecule has 1 saturated carbocycles. The molecule has 0 aliphatic heterocycles. The first-order chi connectivity index (χ1) is 8.35. The third kappa shape index (κ3) is 3.00. The van der Waals surface area contributed by atoms with E-state index in [1.54, 1.807) is 13.3 Å². The number of hydrogen-bond donors (Lipinski definition) is 1. The fourth-order valence-electron chi connectivity index (χ4n) is 2.14. The van der Waals surface area contributed by atoms with Gasteiger partial charge in [0.2, 0.25) is 0 Å². The van der Waals surface area contributed by atoms with Crippen LogP contribution in [-0.4, -0.2) is 42.2 Å². The Hall–Kier alpha value is -1.04. The molecule has 5 heteroatoms. The molecule has 3 unspecified atom stereocenters. The minimum absolute atomic E-state index is 0.145. The lowest BCUT2D eigenvalue weighted by Gasteiger charge is -2.43. The van der Waals surface area contributed by atoms with E-state index in [1.807, 2.05) is 19.1 Å². The number of hydrogen-bond acceptors (Lipinski definition) is 5. The maximum Gasteiger partial charge on any atom is 0.0986 e. The highest BCUT2D eigenvalue weighted by Gasteiger charge is 2.41. The van der Waals surface area contributed by atoms with Crippen molar-refractivity contribution in [3.63, 3.8) is 0 Å². The zero-order chi connectivity index (χ0) is 12.1. The molecule has 94 valence electrons. The van der Waals surface area contributed by atoms with E-state index < -0.39 is 0 Å². The summed E-state index contributed by atoms with van der Waals surface area (Å²) in [6.45, 7) is 3.46. The van der Waals surface area contributed by atoms with Crippen LogP contribution in [0.3, 0.4) is 0 Å².